The van der Waals surface area contributed by atoms with Crippen LogP contribution in [-0.4, -0.2) is 4.87 Å². The number of hydrogen-bond donors (Lipinski definition) is 0. The lowest BCUT2D eigenvalue weighted by atomic mass is 9.85. The van der Waals surface area contributed by atoms with E-state index in [0.29, 0.717) is 0 Å². The molecule has 1 heteroatoms. The second-order valence-corrected chi connectivity index (χ2v) is 5.69. The van der Waals surface area contributed by atoms with Crippen molar-refractivity contribution in [2.45, 2.75) is 58.8 Å². The Balaban J connectivity index is 3.78. The van der Waals surface area contributed by atoms with Gasteiger partial charge < -0.3 is 0 Å². The van der Waals surface area contributed by atoms with Gasteiger partial charge in [-0.1, -0.05) is 33.6 Å². The van der Waals surface area contributed by atoms with E-state index >= 15 is 0 Å². The van der Waals surface area contributed by atoms with E-state index in [4.69, 9.17) is 11.6 Å². The molecule has 0 heterocycles. The molecule has 0 aromatic heterocycles. The summed E-state index contributed by atoms with van der Waals surface area (Å²) in [6.07, 6.45) is 3.73. The van der Waals surface area contributed by atoms with E-state index in [1.807, 2.05) is 0 Å². The third-order valence-electron chi connectivity index (χ3n) is 2.52. The van der Waals surface area contributed by atoms with Crippen LogP contribution in [0.5, 0.6) is 0 Å². The third-order valence-corrected chi connectivity index (χ3v) is 2.68. The molecule has 0 bridgehead atoms. The summed E-state index contributed by atoms with van der Waals surface area (Å²) in [6, 6.07) is 0. The lowest BCUT2D eigenvalue weighted by Gasteiger charge is -2.25. The van der Waals surface area contributed by atoms with Crippen molar-refractivity contribution < 1.29 is 0 Å². The maximum absolute atomic E-state index is 6.17. The van der Waals surface area contributed by atoms with Gasteiger partial charge in [0, 0.05) is 4.87 Å². The molecule has 0 rings (SSSR count). The van der Waals surface area contributed by atoms with Crippen LogP contribution in [0.1, 0.15) is 53.9 Å². The van der Waals surface area contributed by atoms with E-state index in [1.165, 1.54) is 12.8 Å². The van der Waals surface area contributed by atoms with Gasteiger partial charge in [-0.25, -0.2) is 0 Å². The summed E-state index contributed by atoms with van der Waals surface area (Å²) in [5, 5.41) is 0. The summed E-state index contributed by atoms with van der Waals surface area (Å²) in [4.78, 5) is -0.0264. The quantitative estimate of drug-likeness (QED) is 0.562. The van der Waals surface area contributed by atoms with Gasteiger partial charge in [0.05, 0.1) is 0 Å². The minimum Gasteiger partial charge on any atom is -0.120 e. The zero-order valence-electron chi connectivity index (χ0n) is 9.15. The second kappa shape index (κ2) is 5.11. The van der Waals surface area contributed by atoms with Crippen LogP contribution >= 0.6 is 11.6 Å². The van der Waals surface area contributed by atoms with Gasteiger partial charge in [0.25, 0.3) is 0 Å². The summed E-state index contributed by atoms with van der Waals surface area (Å²) in [5.41, 5.74) is 0. The topological polar surface area (TPSA) is 0 Å². The van der Waals surface area contributed by atoms with Crippen molar-refractivity contribution in [2.24, 2.45) is 11.8 Å². The van der Waals surface area contributed by atoms with Crippen LogP contribution in [0.25, 0.3) is 0 Å². The Morgan fingerprint density at radius 3 is 2.00 bits per heavy atom. The average molecular weight is 191 g/mol. The van der Waals surface area contributed by atoms with Crippen LogP contribution in [0.4, 0.5) is 0 Å². The zero-order chi connectivity index (χ0) is 9.78. The highest BCUT2D eigenvalue weighted by atomic mass is 35.5. The second-order valence-electron chi connectivity index (χ2n) is 4.67. The fourth-order valence-electron chi connectivity index (χ4n) is 1.71. The normalized spacial score (nSPS) is 17.5. The molecule has 0 N–H and O–H groups in total. The summed E-state index contributed by atoms with van der Waals surface area (Å²) < 4.78 is 0. The lowest BCUT2D eigenvalue weighted by Crippen LogP contribution is -2.19. The number of hydrogen-bond acceptors (Lipinski definition) is 0. The molecule has 0 radical (unpaired) electrons. The third kappa shape index (κ3) is 5.88. The fourth-order valence-corrected chi connectivity index (χ4v) is 1.95. The van der Waals surface area contributed by atoms with E-state index in [1.54, 1.807) is 0 Å². The van der Waals surface area contributed by atoms with Gasteiger partial charge >= 0.3 is 0 Å². The Bertz CT molecular complexity index is 113. The van der Waals surface area contributed by atoms with Crippen molar-refractivity contribution in [3.8, 4) is 0 Å². The van der Waals surface area contributed by atoms with E-state index in [2.05, 4.69) is 34.6 Å². The maximum atomic E-state index is 6.17. The molecule has 0 aliphatic rings. The highest BCUT2D eigenvalue weighted by molar-refractivity contribution is 6.23. The number of alkyl halides is 1. The maximum Gasteiger partial charge on any atom is 0.0393 e. The SMILES string of the molecule is CCCC(C)C(C)CC(C)(C)Cl. The molecule has 0 amide bonds. The molecular formula is C11H23Cl. The van der Waals surface area contributed by atoms with E-state index in [-0.39, 0.29) is 4.87 Å². The van der Waals surface area contributed by atoms with Crippen molar-refractivity contribution in [1.29, 1.82) is 0 Å². The fraction of sp³-hybridized carbons (Fsp3) is 1.00. The van der Waals surface area contributed by atoms with E-state index in [9.17, 15) is 0 Å². The molecule has 0 aliphatic heterocycles. The first-order chi connectivity index (χ1) is 5.37. The predicted molar refractivity (Wildman–Crippen MR) is 57.8 cm³/mol. The molecule has 0 aliphatic carbocycles. The Kier molecular flexibility index (Phi) is 5.24. The van der Waals surface area contributed by atoms with Gasteiger partial charge in [0.1, 0.15) is 0 Å². The van der Waals surface area contributed by atoms with Crippen LogP contribution in [0.15, 0.2) is 0 Å². The van der Waals surface area contributed by atoms with Gasteiger partial charge in [-0.2, -0.15) is 0 Å². The van der Waals surface area contributed by atoms with E-state index < -0.39 is 0 Å². The van der Waals surface area contributed by atoms with Crippen LogP contribution < -0.4 is 0 Å². The Hall–Kier alpha value is 0.290. The first kappa shape index (κ1) is 12.3. The molecule has 0 spiro atoms. The summed E-state index contributed by atoms with van der Waals surface area (Å²) >= 11 is 6.17. The predicted octanol–water partition coefficient (Wildman–Crippen LogP) is 4.47. The van der Waals surface area contributed by atoms with Gasteiger partial charge in [-0.05, 0) is 32.1 Å². The Morgan fingerprint density at radius 2 is 1.67 bits per heavy atom. The van der Waals surface area contributed by atoms with Crippen molar-refractivity contribution in [3.05, 3.63) is 0 Å². The molecule has 2 unspecified atom stereocenters. The first-order valence-corrected chi connectivity index (χ1v) is 5.43. The average Bonchev–Trinajstić information content (AvgIpc) is 1.84. The number of halogens is 1. The molecule has 0 saturated heterocycles. The summed E-state index contributed by atoms with van der Waals surface area (Å²) in [6.45, 7) is 11.1. The van der Waals surface area contributed by atoms with Crippen LogP contribution in [0.2, 0.25) is 0 Å². The van der Waals surface area contributed by atoms with Crippen molar-refractivity contribution in [2.75, 3.05) is 0 Å². The van der Waals surface area contributed by atoms with E-state index in [0.717, 1.165) is 18.3 Å². The first-order valence-electron chi connectivity index (χ1n) is 5.05. The van der Waals surface area contributed by atoms with Crippen molar-refractivity contribution in [1.82, 2.24) is 0 Å². The monoisotopic (exact) mass is 190 g/mol. The zero-order valence-corrected chi connectivity index (χ0v) is 9.91. The Morgan fingerprint density at radius 1 is 1.17 bits per heavy atom. The molecular weight excluding hydrogens is 168 g/mol. The van der Waals surface area contributed by atoms with Crippen LogP contribution in [-0.2, 0) is 0 Å². The van der Waals surface area contributed by atoms with Gasteiger partial charge in [-0.3, -0.25) is 0 Å². The standard InChI is InChI=1S/C11H23Cl/c1-6-7-9(2)10(3)8-11(4,5)12/h9-10H,6-8H2,1-5H3. The smallest absolute Gasteiger partial charge is 0.0393 e. The molecule has 0 aromatic carbocycles. The lowest BCUT2D eigenvalue weighted by molar-refractivity contribution is 0.316. The molecule has 0 nitrogen and oxygen atoms in total. The summed E-state index contributed by atoms with van der Waals surface area (Å²) in [7, 11) is 0. The number of rotatable bonds is 5. The molecule has 0 saturated carbocycles. The highest BCUT2D eigenvalue weighted by Gasteiger charge is 2.20. The molecule has 2 atom stereocenters. The highest BCUT2D eigenvalue weighted by Crippen LogP contribution is 2.29. The van der Waals surface area contributed by atoms with Crippen molar-refractivity contribution >= 4 is 11.6 Å². The van der Waals surface area contributed by atoms with Crippen LogP contribution in [0.3, 0.4) is 0 Å². The Labute approximate surface area is 82.7 Å². The molecule has 0 aromatic rings. The molecule has 0 fully saturated rings. The molecule has 12 heavy (non-hydrogen) atoms. The molecule has 74 valence electrons. The largest absolute Gasteiger partial charge is 0.120 e. The minimum atomic E-state index is -0.0264. The van der Waals surface area contributed by atoms with Crippen molar-refractivity contribution in [3.63, 3.8) is 0 Å². The van der Waals surface area contributed by atoms with Gasteiger partial charge in [0.2, 0.25) is 0 Å². The van der Waals surface area contributed by atoms with Crippen LogP contribution in [0, 0.1) is 11.8 Å². The summed E-state index contributed by atoms with van der Waals surface area (Å²) in [5.74, 6) is 1.56. The van der Waals surface area contributed by atoms with Gasteiger partial charge in [0.15, 0.2) is 0 Å². The van der Waals surface area contributed by atoms with Gasteiger partial charge in [-0.15, -0.1) is 11.6 Å². The minimum absolute atomic E-state index is 0.0264.